The van der Waals surface area contributed by atoms with Crippen molar-refractivity contribution in [3.05, 3.63) is 107 Å². The molecule has 46 heavy (non-hydrogen) atoms. The zero-order valence-corrected chi connectivity index (χ0v) is 28.4. The van der Waals surface area contributed by atoms with E-state index < -0.39 is 0 Å². The summed E-state index contributed by atoms with van der Waals surface area (Å²) in [5.74, 6) is 0.971. The summed E-state index contributed by atoms with van der Waals surface area (Å²) in [4.78, 5) is 27.3. The van der Waals surface area contributed by atoms with E-state index in [9.17, 15) is 9.59 Å². The van der Waals surface area contributed by atoms with Gasteiger partial charge in [-0.25, -0.2) is 9.59 Å². The van der Waals surface area contributed by atoms with Crippen molar-refractivity contribution < 1.29 is 19.1 Å². The van der Waals surface area contributed by atoms with Gasteiger partial charge in [-0.3, -0.25) is 0 Å². The second kappa shape index (κ2) is 11.1. The molecule has 0 aromatic heterocycles. The molecule has 0 radical (unpaired) electrons. The van der Waals surface area contributed by atoms with Gasteiger partial charge < -0.3 is 9.47 Å². The van der Waals surface area contributed by atoms with E-state index in [2.05, 4.69) is 102 Å². The number of fused-ring (bicyclic) bond motifs is 4. The highest BCUT2D eigenvalue weighted by Gasteiger charge is 2.68. The summed E-state index contributed by atoms with van der Waals surface area (Å²) in [6, 6.07) is 28.1. The van der Waals surface area contributed by atoms with Crippen LogP contribution in [0.5, 0.6) is 0 Å². The molecule has 0 amide bonds. The molecule has 0 aliphatic heterocycles. The molecule has 0 saturated heterocycles. The summed E-state index contributed by atoms with van der Waals surface area (Å²) in [5.41, 5.74) is 3.59. The number of esters is 2. The number of ether oxygens (including phenoxy) is 2. The van der Waals surface area contributed by atoms with Gasteiger partial charge in [-0.1, -0.05) is 102 Å². The molecule has 4 heteroatoms. The lowest BCUT2D eigenvalue weighted by molar-refractivity contribution is -0.0417. The van der Waals surface area contributed by atoms with Gasteiger partial charge in [-0.15, -0.1) is 0 Å². The van der Waals surface area contributed by atoms with Gasteiger partial charge in [0.1, 0.15) is 12.2 Å². The van der Waals surface area contributed by atoms with E-state index in [1.165, 1.54) is 24.0 Å². The highest BCUT2D eigenvalue weighted by Crippen LogP contribution is 2.70. The first-order valence-corrected chi connectivity index (χ1v) is 17.5. The van der Waals surface area contributed by atoms with Crippen LogP contribution in [0.15, 0.2) is 84.9 Å². The maximum absolute atomic E-state index is 13.7. The summed E-state index contributed by atoms with van der Waals surface area (Å²) < 4.78 is 12.9. The molecule has 0 unspecified atom stereocenters. The summed E-state index contributed by atoms with van der Waals surface area (Å²) in [6.07, 6.45) is 6.02. The van der Waals surface area contributed by atoms with Gasteiger partial charge in [0.15, 0.2) is 0 Å². The largest absolute Gasteiger partial charge is 0.458 e. The number of hydrogen-bond donors (Lipinski definition) is 0. The van der Waals surface area contributed by atoms with Crippen molar-refractivity contribution >= 4 is 11.9 Å². The lowest BCUT2D eigenvalue weighted by atomic mass is 9.70. The minimum absolute atomic E-state index is 0.0721. The maximum atomic E-state index is 13.7. The van der Waals surface area contributed by atoms with Crippen LogP contribution >= 0.6 is 0 Å². The van der Waals surface area contributed by atoms with Crippen LogP contribution in [-0.2, 0) is 22.3 Å². The van der Waals surface area contributed by atoms with Gasteiger partial charge >= 0.3 is 11.9 Å². The minimum atomic E-state index is -0.308. The quantitative estimate of drug-likeness (QED) is 0.236. The summed E-state index contributed by atoms with van der Waals surface area (Å²) >= 11 is 0. The average molecular weight is 619 g/mol. The lowest BCUT2D eigenvalue weighted by Gasteiger charge is -2.39. The first kappa shape index (κ1) is 31.2. The maximum Gasteiger partial charge on any atom is 0.338 e. The first-order valence-electron chi connectivity index (χ1n) is 17.5. The number of hydrogen-bond acceptors (Lipinski definition) is 4. The molecule has 4 aliphatic carbocycles. The van der Waals surface area contributed by atoms with Gasteiger partial charge in [0, 0.05) is 22.7 Å². The topological polar surface area (TPSA) is 52.6 Å². The van der Waals surface area contributed by atoms with Crippen molar-refractivity contribution in [2.75, 3.05) is 0 Å². The molecule has 3 aromatic carbocycles. The lowest BCUT2D eigenvalue weighted by Crippen LogP contribution is -2.41. The van der Waals surface area contributed by atoms with Gasteiger partial charge in [0.05, 0.1) is 11.1 Å². The number of benzene rings is 3. The Bertz CT molecular complexity index is 1470. The molecule has 4 aliphatic rings. The molecule has 4 nitrogen and oxygen atoms in total. The molecule has 4 saturated carbocycles. The predicted molar refractivity (Wildman–Crippen MR) is 181 cm³/mol. The van der Waals surface area contributed by atoms with Gasteiger partial charge in [0.2, 0.25) is 0 Å². The Morgan fingerprint density at radius 2 is 0.913 bits per heavy atom. The minimum Gasteiger partial charge on any atom is -0.458 e. The summed E-state index contributed by atoms with van der Waals surface area (Å²) in [5, 5.41) is 0. The van der Waals surface area contributed by atoms with E-state index in [1.807, 2.05) is 0 Å². The fourth-order valence-corrected chi connectivity index (χ4v) is 10.8. The summed E-state index contributed by atoms with van der Waals surface area (Å²) in [6.45, 7) is 14.1. The smallest absolute Gasteiger partial charge is 0.338 e. The molecule has 3 aromatic rings. The van der Waals surface area contributed by atoms with E-state index in [1.54, 1.807) is 24.3 Å². The third kappa shape index (κ3) is 4.68. The van der Waals surface area contributed by atoms with Crippen LogP contribution in [-0.4, -0.2) is 24.1 Å². The van der Waals surface area contributed by atoms with Gasteiger partial charge in [-0.05, 0) is 96.6 Å². The van der Waals surface area contributed by atoms with Crippen LogP contribution in [0.3, 0.4) is 0 Å². The first-order chi connectivity index (χ1) is 21.9. The number of carbonyl (C=O) groups excluding carboxylic acids is 2. The molecule has 0 spiro atoms. The Kier molecular flexibility index (Phi) is 7.53. The highest BCUT2D eigenvalue weighted by molar-refractivity contribution is 5.93. The second-order valence-corrected chi connectivity index (χ2v) is 16.5. The third-order valence-electron chi connectivity index (χ3n) is 14.3. The molecule has 0 heterocycles. The molecule has 242 valence electrons. The van der Waals surface area contributed by atoms with Crippen molar-refractivity contribution in [1.82, 2.24) is 0 Å². The Morgan fingerprint density at radius 1 is 0.565 bits per heavy atom. The van der Waals surface area contributed by atoms with Gasteiger partial charge in [0.25, 0.3) is 0 Å². The Hall–Kier alpha value is -3.40. The van der Waals surface area contributed by atoms with Crippen molar-refractivity contribution in [2.24, 2.45) is 45.3 Å². The molecular formula is C42H50O4. The van der Waals surface area contributed by atoms with E-state index in [0.29, 0.717) is 23.0 Å². The molecule has 8 atom stereocenters. The van der Waals surface area contributed by atoms with Crippen molar-refractivity contribution in [3.63, 3.8) is 0 Å². The van der Waals surface area contributed by atoms with Crippen molar-refractivity contribution in [1.29, 1.82) is 0 Å². The molecular weight excluding hydrogens is 568 g/mol. The average Bonchev–Trinajstić information content (AvgIpc) is 3.54. The monoisotopic (exact) mass is 618 g/mol. The summed E-state index contributed by atoms with van der Waals surface area (Å²) in [7, 11) is 0. The predicted octanol–water partition coefficient (Wildman–Crippen LogP) is 9.37. The van der Waals surface area contributed by atoms with Crippen LogP contribution in [0.1, 0.15) is 99.1 Å². The Balaban J connectivity index is 1.07. The highest BCUT2D eigenvalue weighted by atomic mass is 16.6. The van der Waals surface area contributed by atoms with E-state index in [0.717, 1.165) is 25.7 Å². The molecule has 7 rings (SSSR count). The number of carbonyl (C=O) groups is 2. The SMILES string of the molecule is CC1(C)[C@H]2CC[C@]1(C)[C@@H](OC(=O)c1ccc(C(=O)O[C@H]3[C@@H](Cc4ccccc4)[C@@H]4CC[C@@]3(C)C4(C)C)cc1)[C@H]2Cc1ccccc1. The molecule has 0 N–H and O–H groups in total. The standard InChI is InChI=1S/C42H50O4/c1-39(2)33-21-23-41(39,5)35(31(33)25-27-13-9-7-10-14-27)45-37(43)29-17-19-30(20-18-29)38(44)46-36-32(26-28-15-11-8-12-16-28)34-22-24-42(36,6)40(34,3)4/h7-20,31-36H,21-26H2,1-6H3/t31-,32-,33-,34-,35-,36-,41+,42+/m0/s1. The molecule has 4 fully saturated rings. The molecule has 4 bridgehead atoms. The zero-order valence-electron chi connectivity index (χ0n) is 28.4. The fraction of sp³-hybridized carbons (Fsp3) is 0.524. The van der Waals surface area contributed by atoms with Crippen LogP contribution in [0.4, 0.5) is 0 Å². The van der Waals surface area contributed by atoms with E-state index in [4.69, 9.17) is 9.47 Å². The van der Waals surface area contributed by atoms with Crippen LogP contribution in [0.25, 0.3) is 0 Å². The Labute approximate surface area is 275 Å². The normalized spacial score (nSPS) is 34.8. The second-order valence-electron chi connectivity index (χ2n) is 16.5. The third-order valence-corrected chi connectivity index (χ3v) is 14.3. The van der Waals surface area contributed by atoms with E-state index >= 15 is 0 Å². The fourth-order valence-electron chi connectivity index (χ4n) is 10.8. The van der Waals surface area contributed by atoms with Gasteiger partial charge in [-0.2, -0.15) is 0 Å². The number of rotatable bonds is 8. The van der Waals surface area contributed by atoms with Crippen LogP contribution in [0, 0.1) is 45.3 Å². The zero-order chi connectivity index (χ0) is 32.5. The van der Waals surface area contributed by atoms with E-state index in [-0.39, 0.29) is 57.6 Å². The van der Waals surface area contributed by atoms with Crippen LogP contribution < -0.4 is 0 Å². The van der Waals surface area contributed by atoms with Crippen molar-refractivity contribution in [2.45, 2.75) is 92.3 Å². The Morgan fingerprint density at radius 3 is 1.26 bits per heavy atom. The van der Waals surface area contributed by atoms with Crippen molar-refractivity contribution in [3.8, 4) is 0 Å². The van der Waals surface area contributed by atoms with Crippen LogP contribution in [0.2, 0.25) is 0 Å².